The topological polar surface area (TPSA) is 24.1 Å². The van der Waals surface area contributed by atoms with Gasteiger partial charge in [-0.3, -0.25) is 0 Å². The van der Waals surface area contributed by atoms with Gasteiger partial charge in [0, 0.05) is 18.1 Å². The van der Waals surface area contributed by atoms with Crippen LogP contribution in [0.25, 0.3) is 0 Å². The van der Waals surface area contributed by atoms with E-state index >= 15 is 0 Å². The largest absolute Gasteiger partial charge is 0.301 e. The molecule has 2 nitrogen and oxygen atoms in total. The predicted octanol–water partition coefficient (Wildman–Crippen LogP) is 1.04. The van der Waals surface area contributed by atoms with Crippen molar-refractivity contribution < 1.29 is 0 Å². The lowest BCUT2D eigenvalue weighted by Crippen LogP contribution is -2.48. The molecule has 1 atom stereocenters. The van der Waals surface area contributed by atoms with E-state index in [0.29, 0.717) is 6.17 Å². The Morgan fingerprint density at radius 3 is 3.18 bits per heavy atom. The zero-order valence-electron chi connectivity index (χ0n) is 7.23. The van der Waals surface area contributed by atoms with Crippen LogP contribution in [0.15, 0.2) is 0 Å². The predicted molar refractivity (Wildman–Crippen MR) is 52.0 cm³/mol. The highest BCUT2D eigenvalue weighted by Crippen LogP contribution is 2.05. The lowest BCUT2D eigenvalue weighted by Gasteiger charge is -2.24. The highest BCUT2D eigenvalue weighted by molar-refractivity contribution is 7.99. The molecule has 0 aliphatic carbocycles. The summed E-state index contributed by atoms with van der Waals surface area (Å²) in [7, 11) is 0. The second-order valence-corrected chi connectivity index (χ2v) is 4.04. The highest BCUT2D eigenvalue weighted by atomic mass is 32.2. The molecule has 1 fully saturated rings. The van der Waals surface area contributed by atoms with Gasteiger partial charge in [0.2, 0.25) is 0 Å². The van der Waals surface area contributed by atoms with E-state index in [2.05, 4.69) is 17.6 Å². The molecule has 1 heterocycles. The van der Waals surface area contributed by atoms with Gasteiger partial charge in [-0.2, -0.15) is 11.8 Å². The Balaban J connectivity index is 1.96. The van der Waals surface area contributed by atoms with Crippen LogP contribution in [0.5, 0.6) is 0 Å². The molecule has 3 heteroatoms. The third kappa shape index (κ3) is 3.99. The second kappa shape index (κ2) is 5.86. The maximum atomic E-state index is 3.49. The molecule has 66 valence electrons. The van der Waals surface area contributed by atoms with Crippen LogP contribution in [0.4, 0.5) is 0 Å². The van der Waals surface area contributed by atoms with Crippen LogP contribution in [0, 0.1) is 0 Å². The Labute approximate surface area is 73.5 Å². The third-order valence-electron chi connectivity index (χ3n) is 1.84. The van der Waals surface area contributed by atoms with Crippen LogP contribution < -0.4 is 10.6 Å². The Hall–Kier alpha value is 0.270. The van der Waals surface area contributed by atoms with Crippen LogP contribution in [-0.4, -0.2) is 30.8 Å². The number of hydrogen-bond acceptors (Lipinski definition) is 3. The van der Waals surface area contributed by atoms with Crippen molar-refractivity contribution in [2.45, 2.75) is 25.9 Å². The molecule has 0 aromatic heterocycles. The van der Waals surface area contributed by atoms with E-state index in [9.17, 15) is 0 Å². The molecule has 0 saturated carbocycles. The van der Waals surface area contributed by atoms with E-state index in [1.165, 1.54) is 24.3 Å². The first kappa shape index (κ1) is 9.36. The van der Waals surface area contributed by atoms with Crippen LogP contribution in [0.3, 0.4) is 0 Å². The molecule has 0 amide bonds. The summed E-state index contributed by atoms with van der Waals surface area (Å²) in [6.07, 6.45) is 3.15. The van der Waals surface area contributed by atoms with E-state index < -0.39 is 0 Å². The Bertz CT molecular complexity index is 92.1. The molecular formula is C8H18N2S. The quantitative estimate of drug-likeness (QED) is 0.623. The molecule has 0 spiro atoms. The van der Waals surface area contributed by atoms with Gasteiger partial charge < -0.3 is 10.6 Å². The van der Waals surface area contributed by atoms with Crippen LogP contribution >= 0.6 is 11.8 Å². The van der Waals surface area contributed by atoms with Crippen LogP contribution in [-0.2, 0) is 0 Å². The lowest BCUT2D eigenvalue weighted by molar-refractivity contribution is 0.459. The van der Waals surface area contributed by atoms with E-state index in [0.717, 1.165) is 13.1 Å². The minimum absolute atomic E-state index is 0.570. The number of nitrogens with one attached hydrogen (secondary N) is 2. The standard InChI is InChI=1S/C8H18N2S/c1-2-3-4-9-8-7-11-6-5-10-8/h8-10H,2-7H2,1H3. The summed E-state index contributed by atoms with van der Waals surface area (Å²) in [5, 5.41) is 6.94. The molecule has 0 radical (unpaired) electrons. The van der Waals surface area contributed by atoms with Gasteiger partial charge in [-0.25, -0.2) is 0 Å². The van der Waals surface area contributed by atoms with E-state index in [-0.39, 0.29) is 0 Å². The summed E-state index contributed by atoms with van der Waals surface area (Å²) in [5.41, 5.74) is 0. The minimum atomic E-state index is 0.570. The van der Waals surface area contributed by atoms with Crippen molar-refractivity contribution in [1.82, 2.24) is 10.6 Å². The molecule has 1 aliphatic rings. The van der Waals surface area contributed by atoms with Crippen molar-refractivity contribution in [2.24, 2.45) is 0 Å². The molecule has 0 aromatic carbocycles. The fourth-order valence-electron chi connectivity index (χ4n) is 1.15. The maximum Gasteiger partial charge on any atom is 0.0665 e. The Morgan fingerprint density at radius 2 is 2.55 bits per heavy atom. The van der Waals surface area contributed by atoms with Crippen molar-refractivity contribution in [3.05, 3.63) is 0 Å². The van der Waals surface area contributed by atoms with Gasteiger partial charge in [0.25, 0.3) is 0 Å². The number of unbranched alkanes of at least 4 members (excludes halogenated alkanes) is 1. The van der Waals surface area contributed by atoms with Crippen molar-refractivity contribution in [2.75, 3.05) is 24.6 Å². The monoisotopic (exact) mass is 174 g/mol. The van der Waals surface area contributed by atoms with Gasteiger partial charge in [0.1, 0.15) is 0 Å². The summed E-state index contributed by atoms with van der Waals surface area (Å²) < 4.78 is 0. The van der Waals surface area contributed by atoms with Crippen molar-refractivity contribution in [3.8, 4) is 0 Å². The molecule has 1 unspecified atom stereocenters. The fraction of sp³-hybridized carbons (Fsp3) is 1.00. The molecule has 1 saturated heterocycles. The highest BCUT2D eigenvalue weighted by Gasteiger charge is 2.10. The molecule has 11 heavy (non-hydrogen) atoms. The molecular weight excluding hydrogens is 156 g/mol. The average Bonchev–Trinajstić information content (AvgIpc) is 2.07. The first-order valence-electron chi connectivity index (χ1n) is 4.48. The van der Waals surface area contributed by atoms with Gasteiger partial charge in [-0.15, -0.1) is 0 Å². The number of rotatable bonds is 4. The zero-order valence-corrected chi connectivity index (χ0v) is 8.04. The van der Waals surface area contributed by atoms with E-state index in [1.807, 2.05) is 11.8 Å². The Morgan fingerprint density at radius 1 is 1.64 bits per heavy atom. The fourth-order valence-corrected chi connectivity index (χ4v) is 2.05. The maximum absolute atomic E-state index is 3.49. The zero-order chi connectivity index (χ0) is 7.94. The van der Waals surface area contributed by atoms with Gasteiger partial charge in [0.05, 0.1) is 6.17 Å². The normalized spacial score (nSPS) is 25.4. The summed E-state index contributed by atoms with van der Waals surface area (Å²) in [4.78, 5) is 0. The minimum Gasteiger partial charge on any atom is -0.301 e. The summed E-state index contributed by atoms with van der Waals surface area (Å²) in [6, 6.07) is 0. The summed E-state index contributed by atoms with van der Waals surface area (Å²) in [6.45, 7) is 4.55. The van der Waals surface area contributed by atoms with Crippen molar-refractivity contribution >= 4 is 11.8 Å². The number of hydrogen-bond donors (Lipinski definition) is 2. The van der Waals surface area contributed by atoms with Crippen LogP contribution in [0.2, 0.25) is 0 Å². The summed E-state index contributed by atoms with van der Waals surface area (Å²) in [5.74, 6) is 2.50. The first-order chi connectivity index (χ1) is 5.43. The van der Waals surface area contributed by atoms with Gasteiger partial charge >= 0.3 is 0 Å². The lowest BCUT2D eigenvalue weighted by atomic mass is 10.3. The average molecular weight is 174 g/mol. The van der Waals surface area contributed by atoms with E-state index in [4.69, 9.17) is 0 Å². The van der Waals surface area contributed by atoms with Gasteiger partial charge in [-0.05, 0) is 13.0 Å². The smallest absolute Gasteiger partial charge is 0.0665 e. The number of thioether (sulfide) groups is 1. The summed E-state index contributed by atoms with van der Waals surface area (Å²) >= 11 is 2.04. The van der Waals surface area contributed by atoms with Crippen LogP contribution in [0.1, 0.15) is 19.8 Å². The molecule has 2 N–H and O–H groups in total. The van der Waals surface area contributed by atoms with Crippen molar-refractivity contribution in [3.63, 3.8) is 0 Å². The molecule has 1 rings (SSSR count). The first-order valence-corrected chi connectivity index (χ1v) is 5.63. The second-order valence-electron chi connectivity index (χ2n) is 2.89. The molecule has 0 bridgehead atoms. The van der Waals surface area contributed by atoms with E-state index in [1.54, 1.807) is 0 Å². The third-order valence-corrected chi connectivity index (χ3v) is 2.90. The molecule has 0 aromatic rings. The van der Waals surface area contributed by atoms with Crippen molar-refractivity contribution in [1.29, 1.82) is 0 Å². The van der Waals surface area contributed by atoms with Gasteiger partial charge in [-0.1, -0.05) is 13.3 Å². The Kier molecular flexibility index (Phi) is 4.99. The van der Waals surface area contributed by atoms with Gasteiger partial charge in [0.15, 0.2) is 0 Å². The SMILES string of the molecule is CCCCNC1CSCCN1. The molecule has 1 aliphatic heterocycles.